The highest BCUT2D eigenvalue weighted by Crippen LogP contribution is 2.23. The van der Waals surface area contributed by atoms with Crippen LogP contribution < -0.4 is 0 Å². The third-order valence-electron chi connectivity index (χ3n) is 2.52. The highest BCUT2D eigenvalue weighted by molar-refractivity contribution is 5.90. The fourth-order valence-corrected chi connectivity index (χ4v) is 1.50. The fourth-order valence-electron chi connectivity index (χ4n) is 1.50. The number of aromatic carboxylic acids is 1. The predicted molar refractivity (Wildman–Crippen MR) is 57.0 cm³/mol. The van der Waals surface area contributed by atoms with E-state index in [0.29, 0.717) is 5.56 Å². The Morgan fingerprint density at radius 2 is 1.71 bits per heavy atom. The molecule has 0 aliphatic carbocycles. The topological polar surface area (TPSA) is 37.3 Å². The van der Waals surface area contributed by atoms with Gasteiger partial charge in [0.15, 0.2) is 0 Å². The van der Waals surface area contributed by atoms with Crippen molar-refractivity contribution in [3.8, 4) is 0 Å². The summed E-state index contributed by atoms with van der Waals surface area (Å²) in [6.07, 6.45) is 0. The quantitative estimate of drug-likeness (QED) is 0.781. The van der Waals surface area contributed by atoms with Gasteiger partial charge in [-0.05, 0) is 42.5 Å². The Kier molecular flexibility index (Phi) is 2.94. The van der Waals surface area contributed by atoms with Crippen LogP contribution in [0.5, 0.6) is 0 Å². The zero-order valence-electron chi connectivity index (χ0n) is 9.09. The monoisotopic (exact) mass is 192 g/mol. The van der Waals surface area contributed by atoms with Gasteiger partial charge in [0.05, 0.1) is 5.56 Å². The van der Waals surface area contributed by atoms with E-state index >= 15 is 0 Å². The predicted octanol–water partition coefficient (Wildman–Crippen LogP) is 3.13. The number of hydrogen-bond donors (Lipinski definition) is 1. The lowest BCUT2D eigenvalue weighted by Crippen LogP contribution is -2.05. The molecule has 14 heavy (non-hydrogen) atoms. The summed E-state index contributed by atoms with van der Waals surface area (Å²) in [4.78, 5) is 11.0. The van der Waals surface area contributed by atoms with Gasteiger partial charge in [0.2, 0.25) is 0 Å². The van der Waals surface area contributed by atoms with E-state index in [1.165, 1.54) is 0 Å². The van der Waals surface area contributed by atoms with Gasteiger partial charge in [-0.1, -0.05) is 19.9 Å². The lowest BCUT2D eigenvalue weighted by atomic mass is 9.93. The average Bonchev–Trinajstić information content (AvgIpc) is 2.08. The van der Waals surface area contributed by atoms with E-state index in [2.05, 4.69) is 0 Å². The number of hydrogen-bond acceptors (Lipinski definition) is 1. The average molecular weight is 192 g/mol. The van der Waals surface area contributed by atoms with Gasteiger partial charge in [0, 0.05) is 0 Å². The Morgan fingerprint density at radius 1 is 1.21 bits per heavy atom. The molecule has 2 nitrogen and oxygen atoms in total. The van der Waals surface area contributed by atoms with Gasteiger partial charge < -0.3 is 5.11 Å². The molecular weight excluding hydrogens is 176 g/mol. The van der Waals surface area contributed by atoms with Gasteiger partial charge in [-0.2, -0.15) is 0 Å². The molecule has 0 saturated carbocycles. The summed E-state index contributed by atoms with van der Waals surface area (Å²) < 4.78 is 0. The summed E-state index contributed by atoms with van der Waals surface area (Å²) >= 11 is 0. The number of carboxylic acids is 1. The van der Waals surface area contributed by atoms with E-state index in [-0.39, 0.29) is 5.92 Å². The maximum absolute atomic E-state index is 11.0. The highest BCUT2D eigenvalue weighted by Gasteiger charge is 2.13. The molecule has 0 radical (unpaired) electrons. The summed E-state index contributed by atoms with van der Waals surface area (Å²) in [7, 11) is 0. The molecule has 0 unspecified atom stereocenters. The number of carboxylic acid groups (broad SMARTS) is 1. The molecule has 0 spiro atoms. The van der Waals surface area contributed by atoms with Crippen molar-refractivity contribution >= 4 is 5.97 Å². The minimum atomic E-state index is -0.836. The first-order chi connectivity index (χ1) is 6.43. The number of carbonyl (C=O) groups is 1. The second-order valence-corrected chi connectivity index (χ2v) is 3.98. The van der Waals surface area contributed by atoms with E-state index in [9.17, 15) is 4.79 Å². The van der Waals surface area contributed by atoms with Crippen LogP contribution in [0.15, 0.2) is 12.1 Å². The highest BCUT2D eigenvalue weighted by atomic mass is 16.4. The minimum absolute atomic E-state index is 0.250. The van der Waals surface area contributed by atoms with Crippen molar-refractivity contribution in [1.82, 2.24) is 0 Å². The molecule has 1 aromatic rings. The van der Waals surface area contributed by atoms with Crippen molar-refractivity contribution < 1.29 is 9.90 Å². The van der Waals surface area contributed by atoms with Crippen LogP contribution in [-0.4, -0.2) is 11.1 Å². The van der Waals surface area contributed by atoms with Gasteiger partial charge in [-0.15, -0.1) is 0 Å². The van der Waals surface area contributed by atoms with Crippen LogP contribution in [0.3, 0.4) is 0 Å². The van der Waals surface area contributed by atoms with Crippen LogP contribution in [0.1, 0.15) is 46.8 Å². The van der Waals surface area contributed by atoms with Gasteiger partial charge in [-0.3, -0.25) is 0 Å². The molecule has 76 valence electrons. The van der Waals surface area contributed by atoms with Crippen molar-refractivity contribution in [3.63, 3.8) is 0 Å². The number of rotatable bonds is 2. The molecule has 1 aromatic carbocycles. The maximum atomic E-state index is 11.0. The van der Waals surface area contributed by atoms with Crippen molar-refractivity contribution in [2.24, 2.45) is 0 Å². The minimum Gasteiger partial charge on any atom is -0.478 e. The number of aryl methyl sites for hydroxylation is 2. The van der Waals surface area contributed by atoms with Crippen LogP contribution in [0.4, 0.5) is 0 Å². The maximum Gasteiger partial charge on any atom is 0.335 e. The largest absolute Gasteiger partial charge is 0.478 e. The smallest absolute Gasteiger partial charge is 0.335 e. The summed E-state index contributed by atoms with van der Waals surface area (Å²) in [5.41, 5.74) is 3.54. The molecular formula is C12H16O2. The van der Waals surface area contributed by atoms with E-state index in [4.69, 9.17) is 5.11 Å². The third kappa shape index (κ3) is 1.95. The molecule has 0 fully saturated rings. The van der Waals surface area contributed by atoms with Gasteiger partial charge in [-0.25, -0.2) is 4.79 Å². The van der Waals surface area contributed by atoms with Crippen LogP contribution in [-0.2, 0) is 0 Å². The van der Waals surface area contributed by atoms with E-state index in [1.807, 2.05) is 33.8 Å². The zero-order valence-corrected chi connectivity index (χ0v) is 9.09. The molecule has 0 aromatic heterocycles. The standard InChI is InChI=1S/C12H16O2/c1-7(2)10-5-8(3)9(4)6-11(10)12(13)14/h5-7H,1-4H3,(H,13,14). The first-order valence-corrected chi connectivity index (χ1v) is 4.78. The van der Waals surface area contributed by atoms with E-state index in [1.54, 1.807) is 6.07 Å². The second kappa shape index (κ2) is 3.82. The van der Waals surface area contributed by atoms with Gasteiger partial charge in [0.1, 0.15) is 0 Å². The summed E-state index contributed by atoms with van der Waals surface area (Å²) in [6, 6.07) is 3.73. The molecule has 0 amide bonds. The summed E-state index contributed by atoms with van der Waals surface area (Å²) in [5.74, 6) is -0.586. The van der Waals surface area contributed by atoms with Crippen LogP contribution in [0.25, 0.3) is 0 Å². The molecule has 0 heterocycles. The Labute approximate surface area is 84.6 Å². The first-order valence-electron chi connectivity index (χ1n) is 4.78. The van der Waals surface area contributed by atoms with Crippen molar-refractivity contribution in [3.05, 3.63) is 34.4 Å². The zero-order chi connectivity index (χ0) is 10.9. The van der Waals surface area contributed by atoms with E-state index < -0.39 is 5.97 Å². The molecule has 0 atom stereocenters. The van der Waals surface area contributed by atoms with Gasteiger partial charge >= 0.3 is 5.97 Å². The Hall–Kier alpha value is -1.31. The Balaban J connectivity index is 3.39. The second-order valence-electron chi connectivity index (χ2n) is 3.98. The molecule has 0 aliphatic heterocycles. The molecule has 0 bridgehead atoms. The summed E-state index contributed by atoms with van der Waals surface area (Å²) in [5, 5.41) is 9.03. The van der Waals surface area contributed by atoms with E-state index in [0.717, 1.165) is 16.7 Å². The fraction of sp³-hybridized carbons (Fsp3) is 0.417. The van der Waals surface area contributed by atoms with Crippen LogP contribution in [0, 0.1) is 13.8 Å². The Bertz CT molecular complexity index is 365. The number of benzene rings is 1. The van der Waals surface area contributed by atoms with Gasteiger partial charge in [0.25, 0.3) is 0 Å². The molecule has 0 aliphatic rings. The lowest BCUT2D eigenvalue weighted by molar-refractivity contribution is 0.0695. The van der Waals surface area contributed by atoms with Crippen LogP contribution >= 0.6 is 0 Å². The van der Waals surface area contributed by atoms with Crippen LogP contribution in [0.2, 0.25) is 0 Å². The lowest BCUT2D eigenvalue weighted by Gasteiger charge is -2.12. The van der Waals surface area contributed by atoms with Crippen molar-refractivity contribution in [1.29, 1.82) is 0 Å². The summed E-state index contributed by atoms with van der Waals surface area (Å²) in [6.45, 7) is 7.96. The van der Waals surface area contributed by atoms with Crippen molar-refractivity contribution in [2.75, 3.05) is 0 Å². The first kappa shape index (κ1) is 10.8. The normalized spacial score (nSPS) is 10.6. The van der Waals surface area contributed by atoms with Crippen molar-refractivity contribution in [2.45, 2.75) is 33.6 Å². The third-order valence-corrected chi connectivity index (χ3v) is 2.52. The molecule has 1 rings (SSSR count). The molecule has 1 N–H and O–H groups in total. The Morgan fingerprint density at radius 3 is 2.14 bits per heavy atom. The SMILES string of the molecule is Cc1cc(C(=O)O)c(C(C)C)cc1C. The molecule has 0 saturated heterocycles. The molecule has 2 heteroatoms.